The summed E-state index contributed by atoms with van der Waals surface area (Å²) in [7, 11) is 0. The van der Waals surface area contributed by atoms with Gasteiger partial charge in [0.05, 0.1) is 0 Å². The summed E-state index contributed by atoms with van der Waals surface area (Å²) >= 11 is 0. The number of aromatic amines is 4. The first kappa shape index (κ1) is 67.4. The SMILES string of the molecule is CC(C)C[C@@H]1NC(=O)[C@H](Cc2c[nH]c3ccccc23)NC(=O)[C@H](Cc2c[nH]c3ccccc23)NC(=O)[C@H](CCCCN)NC(=O)[C@H](CCCCN)NC(=O)[C@H](CCCN=C(N)N)NC(=O)[C@H](Cc2c[nH]c3ccccc23)NC(=O)[C@H](Cc2c[nH]c3ccccc23)NC1=O. The zero-order valence-electron chi connectivity index (χ0n) is 52.6. The maximum Gasteiger partial charge on any atom is 0.243 e. The number of aliphatic imine (C=N–C) groups is 1. The number of aromatic nitrogens is 4. The number of H-pyrrole nitrogens is 4. The molecule has 1 aliphatic heterocycles. The molecule has 20 N–H and O–H groups in total. The molecule has 1 aliphatic rings. The highest BCUT2D eigenvalue weighted by Crippen LogP contribution is 2.25. The van der Waals surface area contributed by atoms with Crippen molar-refractivity contribution in [3.8, 4) is 0 Å². The summed E-state index contributed by atoms with van der Waals surface area (Å²) in [6, 6.07) is 19.0. The number of rotatable bonds is 22. The van der Waals surface area contributed by atoms with Gasteiger partial charge < -0.3 is 85.4 Å². The van der Waals surface area contributed by atoms with E-state index >= 15 is 28.8 Å². The fourth-order valence-electron chi connectivity index (χ4n) is 12.1. The number of nitrogens with two attached hydrogens (primary N) is 4. The number of hydrogen-bond acceptors (Lipinski definition) is 11. The summed E-state index contributed by atoms with van der Waals surface area (Å²) in [5.41, 5.74) is 29.0. The highest BCUT2D eigenvalue weighted by Gasteiger charge is 2.37. The normalized spacial score (nSPS) is 21.1. The third-order valence-electron chi connectivity index (χ3n) is 17.0. The van der Waals surface area contributed by atoms with E-state index in [1.54, 1.807) is 24.8 Å². The molecule has 8 aromatic rings. The van der Waals surface area contributed by atoms with Crippen molar-refractivity contribution in [1.82, 2.24) is 62.5 Å². The Morgan fingerprint density at radius 1 is 0.366 bits per heavy atom. The summed E-state index contributed by atoms with van der Waals surface area (Å²) in [6.45, 7) is 4.37. The van der Waals surface area contributed by atoms with Gasteiger partial charge in [-0.15, -0.1) is 0 Å². The van der Waals surface area contributed by atoms with Crippen LogP contribution in [0.1, 0.15) is 93.9 Å². The number of unbranched alkanes of at least 4 members (excludes halogenated alkanes) is 2. The Labute approximate surface area is 538 Å². The molecule has 0 radical (unpaired) electrons. The average molecular weight is 1270 g/mol. The van der Waals surface area contributed by atoms with Crippen molar-refractivity contribution in [2.24, 2.45) is 33.8 Å². The number of nitrogens with one attached hydrogen (secondary N) is 12. The second-order valence-corrected chi connectivity index (χ2v) is 24.4. The second-order valence-electron chi connectivity index (χ2n) is 24.4. The van der Waals surface area contributed by atoms with E-state index in [1.807, 2.05) is 111 Å². The Morgan fingerprint density at radius 3 is 0.914 bits per heavy atom. The maximum absolute atomic E-state index is 15.4. The van der Waals surface area contributed by atoms with Crippen molar-refractivity contribution in [2.45, 2.75) is 146 Å². The van der Waals surface area contributed by atoms with Crippen molar-refractivity contribution in [2.75, 3.05) is 19.6 Å². The third-order valence-corrected chi connectivity index (χ3v) is 17.0. The molecule has 0 saturated carbocycles. The van der Waals surface area contributed by atoms with Crippen molar-refractivity contribution in [3.63, 3.8) is 0 Å². The lowest BCUT2D eigenvalue weighted by molar-refractivity contribution is -0.137. The number of guanidine groups is 1. The molecule has 8 amide bonds. The molecule has 0 bridgehead atoms. The minimum Gasteiger partial charge on any atom is -0.370 e. The Bertz CT molecular complexity index is 3940. The zero-order chi connectivity index (χ0) is 66.0. The first-order valence-electron chi connectivity index (χ1n) is 32.0. The molecule has 492 valence electrons. The molecule has 0 unspecified atom stereocenters. The van der Waals surface area contributed by atoms with E-state index in [4.69, 9.17) is 22.9 Å². The van der Waals surface area contributed by atoms with Crippen LogP contribution in [-0.4, -0.2) is 141 Å². The lowest BCUT2D eigenvalue weighted by Crippen LogP contribution is -2.62. The molecule has 5 heterocycles. The molecule has 8 atom stereocenters. The van der Waals surface area contributed by atoms with Gasteiger partial charge in [-0.05, 0) is 123 Å². The van der Waals surface area contributed by atoms with E-state index in [9.17, 15) is 9.59 Å². The van der Waals surface area contributed by atoms with Crippen LogP contribution in [-0.2, 0) is 64.0 Å². The van der Waals surface area contributed by atoms with Crippen molar-refractivity contribution in [1.29, 1.82) is 0 Å². The van der Waals surface area contributed by atoms with E-state index < -0.39 is 95.6 Å². The van der Waals surface area contributed by atoms with E-state index in [2.05, 4.69) is 67.5 Å². The summed E-state index contributed by atoms with van der Waals surface area (Å²) in [4.78, 5) is 139. The van der Waals surface area contributed by atoms with Crippen molar-refractivity contribution < 1.29 is 38.4 Å². The summed E-state index contributed by atoms with van der Waals surface area (Å²) in [5.74, 6) is -6.40. The van der Waals surface area contributed by atoms with Crippen LogP contribution in [0.4, 0.5) is 0 Å². The van der Waals surface area contributed by atoms with Gasteiger partial charge in [0.2, 0.25) is 47.3 Å². The van der Waals surface area contributed by atoms with Gasteiger partial charge in [0.1, 0.15) is 48.3 Å². The number of carbonyl (C=O) groups is 8. The molecule has 0 aliphatic carbocycles. The highest BCUT2D eigenvalue weighted by molar-refractivity contribution is 6.00. The predicted molar refractivity (Wildman–Crippen MR) is 359 cm³/mol. The lowest BCUT2D eigenvalue weighted by Gasteiger charge is -2.29. The van der Waals surface area contributed by atoms with Gasteiger partial charge in [-0.3, -0.25) is 43.3 Å². The second kappa shape index (κ2) is 32.3. The van der Waals surface area contributed by atoms with E-state index in [1.165, 1.54) is 0 Å². The Kier molecular flexibility index (Phi) is 23.4. The van der Waals surface area contributed by atoms with Crippen LogP contribution in [0.2, 0.25) is 0 Å². The molecule has 93 heavy (non-hydrogen) atoms. The van der Waals surface area contributed by atoms with Gasteiger partial charge in [0.15, 0.2) is 5.96 Å². The average Bonchev–Trinajstić information content (AvgIpc) is 1.80. The van der Waals surface area contributed by atoms with Crippen LogP contribution in [0.15, 0.2) is 127 Å². The number of fused-ring (bicyclic) bond motifs is 4. The van der Waals surface area contributed by atoms with E-state index in [0.29, 0.717) is 47.9 Å². The minimum atomic E-state index is -1.41. The topological polar surface area (TPSA) is 412 Å². The standard InChI is InChI=1S/C68H87N17O8/c1-39(2)30-55-63(89)83-59(34-43-38-77-51-23-10-6-19-47(43)51)67(93)84-56(31-40-35-74-48-20-7-3-16-44(40)48)64(90)80-54(26-15-29-73-68(71)72)61(87)78-52(24-11-13-27-69)60(86)79-53(25-12-14-28-70)62(88)82-57(32-41-36-75-49-21-8-4-17-45(41)49)66(92)85-58(65(91)81-55)33-42-37-76-50-22-9-5-18-46(42)50/h3-10,16-23,35-39,52-59,74-77H,11-15,24-34,69-70H2,1-2H3,(H,78,87)(H,79,86)(H,80,90)(H,81,91)(H,82,88)(H,83,89)(H,84,93)(H,85,92)(H4,71,72,73)/t52-,53-,54-,55-,56-,57-,58-,59-/m0/s1. The molecule has 9 rings (SSSR count). The van der Waals surface area contributed by atoms with E-state index in [0.717, 1.165) is 43.6 Å². The van der Waals surface area contributed by atoms with Crippen LogP contribution in [0.3, 0.4) is 0 Å². The van der Waals surface area contributed by atoms with Crippen LogP contribution in [0.5, 0.6) is 0 Å². The van der Waals surface area contributed by atoms with Gasteiger partial charge in [0, 0.05) is 101 Å². The van der Waals surface area contributed by atoms with E-state index in [-0.39, 0.29) is 89.3 Å². The number of carbonyl (C=O) groups excluding carboxylic acids is 8. The smallest absolute Gasteiger partial charge is 0.243 e. The van der Waals surface area contributed by atoms with Crippen LogP contribution in [0, 0.1) is 5.92 Å². The molecule has 25 nitrogen and oxygen atoms in total. The number of nitrogens with zero attached hydrogens (tertiary/aromatic N) is 1. The molecular weight excluding hydrogens is 1180 g/mol. The molecule has 25 heteroatoms. The highest BCUT2D eigenvalue weighted by atomic mass is 16.2. The minimum absolute atomic E-state index is 0.0475. The predicted octanol–water partition coefficient (Wildman–Crippen LogP) is 3.13. The summed E-state index contributed by atoms with van der Waals surface area (Å²) in [5, 5.41) is 26.5. The monoisotopic (exact) mass is 1270 g/mol. The zero-order valence-corrected chi connectivity index (χ0v) is 52.6. The Morgan fingerprint density at radius 2 is 0.624 bits per heavy atom. The largest absolute Gasteiger partial charge is 0.370 e. The van der Waals surface area contributed by atoms with Crippen LogP contribution < -0.4 is 65.5 Å². The molecule has 4 aromatic heterocycles. The van der Waals surface area contributed by atoms with Crippen molar-refractivity contribution >= 4 is 96.8 Å². The fraction of sp³-hybridized carbons (Fsp3) is 0.397. The number of benzene rings is 4. The lowest BCUT2D eigenvalue weighted by atomic mass is 9.98. The molecule has 1 fully saturated rings. The Balaban J connectivity index is 1.15. The summed E-state index contributed by atoms with van der Waals surface area (Å²) in [6.07, 6.45) is 8.62. The third kappa shape index (κ3) is 17.9. The Hall–Kier alpha value is -10.0. The van der Waals surface area contributed by atoms with Gasteiger partial charge in [-0.2, -0.15) is 0 Å². The van der Waals surface area contributed by atoms with Crippen molar-refractivity contribution in [3.05, 3.63) is 144 Å². The first-order chi connectivity index (χ1) is 45.0. The molecule has 0 spiro atoms. The maximum atomic E-state index is 15.4. The number of hydrogen-bond donors (Lipinski definition) is 16. The molecule has 4 aromatic carbocycles. The van der Waals surface area contributed by atoms with Crippen LogP contribution in [0.25, 0.3) is 43.6 Å². The van der Waals surface area contributed by atoms with Gasteiger partial charge >= 0.3 is 0 Å². The van der Waals surface area contributed by atoms with Crippen LogP contribution >= 0.6 is 0 Å². The van der Waals surface area contributed by atoms with Gasteiger partial charge in [-0.1, -0.05) is 86.6 Å². The summed E-state index contributed by atoms with van der Waals surface area (Å²) < 4.78 is 0. The fourth-order valence-corrected chi connectivity index (χ4v) is 12.1. The molecular formula is C68H87N17O8. The first-order valence-corrected chi connectivity index (χ1v) is 32.0. The molecule has 1 saturated heterocycles. The number of para-hydroxylation sites is 4. The van der Waals surface area contributed by atoms with Gasteiger partial charge in [0.25, 0.3) is 0 Å². The quantitative estimate of drug-likeness (QED) is 0.0264. The van der Waals surface area contributed by atoms with Gasteiger partial charge in [-0.25, -0.2) is 0 Å². The number of amides is 8.